The maximum atomic E-state index is 11.5. The van der Waals surface area contributed by atoms with E-state index in [-0.39, 0.29) is 0 Å². The topological polar surface area (TPSA) is 93.8 Å². The van der Waals surface area contributed by atoms with Gasteiger partial charge in [0.1, 0.15) is 11.8 Å². The van der Waals surface area contributed by atoms with E-state index in [4.69, 9.17) is 10.5 Å². The molecule has 16 heavy (non-hydrogen) atoms. The highest BCUT2D eigenvalue weighted by atomic mass is 16.2. The first kappa shape index (κ1) is 12.2. The van der Waals surface area contributed by atoms with Crippen LogP contribution in [0.5, 0.6) is 0 Å². The second-order valence-electron chi connectivity index (χ2n) is 4.23. The Hall–Kier alpha value is -1.88. The van der Waals surface area contributed by atoms with Crippen molar-refractivity contribution in [3.63, 3.8) is 0 Å². The number of rotatable bonds is 2. The molecule has 1 saturated heterocycles. The second-order valence-corrected chi connectivity index (χ2v) is 4.23. The van der Waals surface area contributed by atoms with Crippen LogP contribution in [0.2, 0.25) is 0 Å². The molecule has 0 aliphatic carbocycles. The summed E-state index contributed by atoms with van der Waals surface area (Å²) in [4.78, 5) is 23.0. The maximum absolute atomic E-state index is 11.5. The van der Waals surface area contributed by atoms with E-state index in [9.17, 15) is 9.59 Å². The molecule has 5 heteroatoms. The van der Waals surface area contributed by atoms with Crippen LogP contribution >= 0.6 is 0 Å². The molecule has 0 spiro atoms. The Morgan fingerprint density at radius 3 is 2.00 bits per heavy atom. The van der Waals surface area contributed by atoms with Gasteiger partial charge in [-0.3, -0.25) is 14.9 Å². The summed E-state index contributed by atoms with van der Waals surface area (Å²) in [5, 5.41) is 20.1. The van der Waals surface area contributed by atoms with Gasteiger partial charge in [-0.05, 0) is 6.42 Å². The average molecular weight is 219 g/mol. The molecule has 0 aromatic carbocycles. The van der Waals surface area contributed by atoms with Gasteiger partial charge in [-0.15, -0.1) is 0 Å². The fourth-order valence-electron chi connectivity index (χ4n) is 2.27. The SMILES string of the molecule is CCCC1(C)[C@H](C#N)C(=O)NC(=O)[C@@H]1C#N. The molecule has 0 radical (unpaired) electrons. The predicted molar refractivity (Wildman–Crippen MR) is 54.4 cm³/mol. The number of nitrogens with zero attached hydrogens (tertiary/aromatic N) is 2. The molecule has 0 aromatic rings. The van der Waals surface area contributed by atoms with E-state index < -0.39 is 29.1 Å². The molecule has 5 nitrogen and oxygen atoms in total. The molecule has 1 rings (SSSR count). The van der Waals surface area contributed by atoms with Gasteiger partial charge in [0.25, 0.3) is 0 Å². The van der Waals surface area contributed by atoms with Crippen LogP contribution in [0.1, 0.15) is 26.7 Å². The van der Waals surface area contributed by atoms with E-state index >= 15 is 0 Å². The Bertz CT molecular complexity index is 370. The number of nitrogens with one attached hydrogen (secondary N) is 1. The summed E-state index contributed by atoms with van der Waals surface area (Å²) in [6.45, 7) is 3.56. The molecular formula is C11H13N3O2. The Kier molecular flexibility index (Phi) is 3.29. The number of piperidine rings is 1. The molecule has 3 atom stereocenters. The van der Waals surface area contributed by atoms with Crippen LogP contribution in [0.25, 0.3) is 0 Å². The smallest absolute Gasteiger partial charge is 0.244 e. The van der Waals surface area contributed by atoms with E-state index in [1.807, 2.05) is 19.1 Å². The van der Waals surface area contributed by atoms with Crippen molar-refractivity contribution in [2.24, 2.45) is 17.3 Å². The number of hydrogen-bond donors (Lipinski definition) is 1. The van der Waals surface area contributed by atoms with E-state index in [0.29, 0.717) is 12.8 Å². The fourth-order valence-corrected chi connectivity index (χ4v) is 2.27. The van der Waals surface area contributed by atoms with Crippen LogP contribution in [0.15, 0.2) is 0 Å². The van der Waals surface area contributed by atoms with Crippen molar-refractivity contribution >= 4 is 11.8 Å². The van der Waals surface area contributed by atoms with Gasteiger partial charge in [-0.1, -0.05) is 20.3 Å². The predicted octanol–water partition coefficient (Wildman–Crippen LogP) is 0.729. The fraction of sp³-hybridized carbons (Fsp3) is 0.636. The number of carbonyl (C=O) groups is 2. The quantitative estimate of drug-likeness (QED) is 0.692. The first-order valence-electron chi connectivity index (χ1n) is 5.15. The van der Waals surface area contributed by atoms with Crippen molar-refractivity contribution in [1.82, 2.24) is 5.32 Å². The summed E-state index contributed by atoms with van der Waals surface area (Å²) in [5.41, 5.74) is -0.877. The van der Waals surface area contributed by atoms with Gasteiger partial charge in [0.05, 0.1) is 12.1 Å². The minimum Gasteiger partial charge on any atom is -0.294 e. The van der Waals surface area contributed by atoms with Crippen molar-refractivity contribution in [2.45, 2.75) is 26.7 Å². The molecule has 0 saturated carbocycles. The lowest BCUT2D eigenvalue weighted by atomic mass is 9.63. The van der Waals surface area contributed by atoms with Crippen LogP contribution in [0.4, 0.5) is 0 Å². The lowest BCUT2D eigenvalue weighted by Gasteiger charge is -2.39. The van der Waals surface area contributed by atoms with Crippen LogP contribution in [-0.4, -0.2) is 11.8 Å². The van der Waals surface area contributed by atoms with Gasteiger partial charge in [-0.2, -0.15) is 10.5 Å². The molecule has 0 bridgehead atoms. The lowest BCUT2D eigenvalue weighted by molar-refractivity contribution is -0.144. The van der Waals surface area contributed by atoms with Gasteiger partial charge < -0.3 is 0 Å². The molecule has 1 fully saturated rings. The van der Waals surface area contributed by atoms with Crippen molar-refractivity contribution in [3.05, 3.63) is 0 Å². The van der Waals surface area contributed by atoms with Gasteiger partial charge >= 0.3 is 0 Å². The maximum Gasteiger partial charge on any atom is 0.244 e. The van der Waals surface area contributed by atoms with Crippen molar-refractivity contribution in [1.29, 1.82) is 10.5 Å². The third-order valence-corrected chi connectivity index (χ3v) is 3.14. The van der Waals surface area contributed by atoms with Gasteiger partial charge in [0, 0.05) is 5.41 Å². The number of imide groups is 1. The summed E-state index contributed by atoms with van der Waals surface area (Å²) < 4.78 is 0. The van der Waals surface area contributed by atoms with E-state index in [2.05, 4.69) is 5.32 Å². The van der Waals surface area contributed by atoms with Gasteiger partial charge in [0.15, 0.2) is 0 Å². The first-order valence-corrected chi connectivity index (χ1v) is 5.15. The molecule has 0 aromatic heterocycles. The normalized spacial score (nSPS) is 33.8. The average Bonchev–Trinajstić information content (AvgIpc) is 2.18. The highest BCUT2D eigenvalue weighted by molar-refractivity contribution is 6.03. The summed E-state index contributed by atoms with van der Waals surface area (Å²) >= 11 is 0. The first-order chi connectivity index (χ1) is 7.51. The number of hydrogen-bond acceptors (Lipinski definition) is 4. The molecule has 1 aliphatic heterocycles. The van der Waals surface area contributed by atoms with Crippen LogP contribution in [0, 0.1) is 39.9 Å². The number of nitriles is 2. The largest absolute Gasteiger partial charge is 0.294 e. The van der Waals surface area contributed by atoms with Crippen molar-refractivity contribution in [2.75, 3.05) is 0 Å². The van der Waals surface area contributed by atoms with Crippen LogP contribution in [0.3, 0.4) is 0 Å². The summed E-state index contributed by atoms with van der Waals surface area (Å²) in [6, 6.07) is 3.80. The van der Waals surface area contributed by atoms with E-state index in [0.717, 1.165) is 0 Å². The highest BCUT2D eigenvalue weighted by Crippen LogP contribution is 2.42. The van der Waals surface area contributed by atoms with E-state index in [1.54, 1.807) is 6.92 Å². The highest BCUT2D eigenvalue weighted by Gasteiger charge is 2.52. The molecule has 2 amide bonds. The minimum absolute atomic E-state index is 0.503. The summed E-state index contributed by atoms with van der Waals surface area (Å²) in [7, 11) is 0. The third-order valence-electron chi connectivity index (χ3n) is 3.14. The summed E-state index contributed by atoms with van der Waals surface area (Å²) in [6.07, 6.45) is 1.22. The zero-order valence-corrected chi connectivity index (χ0v) is 9.28. The summed E-state index contributed by atoms with van der Waals surface area (Å²) in [5.74, 6) is -3.05. The van der Waals surface area contributed by atoms with Gasteiger partial charge in [-0.25, -0.2) is 0 Å². The Morgan fingerprint density at radius 1 is 1.25 bits per heavy atom. The number of amides is 2. The zero-order chi connectivity index (χ0) is 12.3. The van der Waals surface area contributed by atoms with E-state index in [1.165, 1.54) is 0 Å². The van der Waals surface area contributed by atoms with Crippen LogP contribution < -0.4 is 5.32 Å². The molecule has 1 heterocycles. The Morgan fingerprint density at radius 2 is 1.69 bits per heavy atom. The van der Waals surface area contributed by atoms with Crippen molar-refractivity contribution in [3.8, 4) is 12.1 Å². The third kappa shape index (κ3) is 1.65. The molecular weight excluding hydrogens is 206 g/mol. The molecule has 1 unspecified atom stereocenters. The molecule has 1 N–H and O–H groups in total. The second kappa shape index (κ2) is 4.32. The van der Waals surface area contributed by atoms with Gasteiger partial charge in [0.2, 0.25) is 11.8 Å². The molecule has 1 aliphatic rings. The lowest BCUT2D eigenvalue weighted by Crippen LogP contribution is -2.56. The monoisotopic (exact) mass is 219 g/mol. The standard InChI is InChI=1S/C11H13N3O2/c1-3-4-11(2)7(5-12)9(15)14-10(16)8(11)6-13/h7-8H,3-4H2,1-2H3,(H,14,15,16)/t7-,8+,11?. The Balaban J connectivity index is 3.21. The molecule has 84 valence electrons. The Labute approximate surface area is 94.0 Å². The van der Waals surface area contributed by atoms with Crippen LogP contribution in [-0.2, 0) is 9.59 Å². The number of carbonyl (C=O) groups excluding carboxylic acids is 2. The van der Waals surface area contributed by atoms with Crippen molar-refractivity contribution < 1.29 is 9.59 Å². The zero-order valence-electron chi connectivity index (χ0n) is 9.28. The minimum atomic E-state index is -0.935.